The van der Waals surface area contributed by atoms with Gasteiger partial charge in [0, 0.05) is 34.5 Å². The predicted octanol–water partition coefficient (Wildman–Crippen LogP) is 5.64. The Labute approximate surface area is 244 Å². The minimum Gasteiger partial charge on any atom is -0.461 e. The van der Waals surface area contributed by atoms with Gasteiger partial charge in [-0.1, -0.05) is 54.0 Å². The number of ether oxygens (including phenoxy) is 1. The first-order valence-electron chi connectivity index (χ1n) is 15.4. The van der Waals surface area contributed by atoms with Crippen LogP contribution in [0.15, 0.2) is 12.7 Å². The molecule has 4 fully saturated rings. The molecular weight excluding hydrogens is 526 g/mol. The van der Waals surface area contributed by atoms with Crippen molar-refractivity contribution in [1.82, 2.24) is 5.48 Å². The first-order chi connectivity index (χ1) is 18.8. The number of thioether (sulfide) groups is 1. The first kappa shape index (κ1) is 31.6. The van der Waals surface area contributed by atoms with Crippen molar-refractivity contribution in [1.29, 1.82) is 0 Å². The van der Waals surface area contributed by atoms with Crippen LogP contribution in [0.25, 0.3) is 0 Å². The van der Waals surface area contributed by atoms with E-state index in [0.717, 1.165) is 44.9 Å². The molecule has 2 N–H and O–H groups in total. The van der Waals surface area contributed by atoms with Gasteiger partial charge in [-0.3, -0.25) is 14.4 Å². The molecule has 40 heavy (non-hydrogen) atoms. The van der Waals surface area contributed by atoms with Crippen molar-refractivity contribution >= 4 is 29.5 Å². The molecule has 226 valence electrons. The highest BCUT2D eigenvalue weighted by molar-refractivity contribution is 8.00. The molecule has 4 aliphatic carbocycles. The third-order valence-electron chi connectivity index (χ3n) is 11.4. The predicted molar refractivity (Wildman–Crippen MR) is 157 cm³/mol. The second-order valence-electron chi connectivity index (χ2n) is 14.1. The Hall–Kier alpha value is -1.38. The lowest BCUT2D eigenvalue weighted by Gasteiger charge is -2.61. The third kappa shape index (κ3) is 5.66. The number of hydrogen-bond acceptors (Lipinski definition) is 8. The van der Waals surface area contributed by atoms with Gasteiger partial charge in [0.1, 0.15) is 11.9 Å². The number of rotatable bonds is 8. The average Bonchev–Trinajstić information content (AvgIpc) is 3.29. The molecule has 0 aromatic carbocycles. The molecule has 0 spiro atoms. The van der Waals surface area contributed by atoms with E-state index in [4.69, 9.17) is 9.57 Å². The number of carbonyl (C=O) groups excluding carboxylic acids is 3. The summed E-state index contributed by atoms with van der Waals surface area (Å²) in [7, 11) is 0. The maximum Gasteiger partial charge on any atom is 0.327 e. The average molecular weight is 578 g/mol. The summed E-state index contributed by atoms with van der Waals surface area (Å²) in [6.07, 6.45) is 8.12. The summed E-state index contributed by atoms with van der Waals surface area (Å²) in [5.74, 6) is -0.254. The van der Waals surface area contributed by atoms with Crippen molar-refractivity contribution in [3.05, 3.63) is 12.7 Å². The van der Waals surface area contributed by atoms with Crippen LogP contribution < -0.4 is 5.48 Å². The zero-order valence-corrected chi connectivity index (χ0v) is 26.2. The second kappa shape index (κ2) is 12.1. The summed E-state index contributed by atoms with van der Waals surface area (Å²) < 4.78 is 6.39. The number of ketones is 1. The van der Waals surface area contributed by atoms with Gasteiger partial charge in [-0.15, -0.1) is 23.8 Å². The minimum atomic E-state index is -0.664. The smallest absolute Gasteiger partial charge is 0.327 e. The molecule has 4 aliphatic rings. The number of hydroxylamine groups is 1. The molecule has 0 aromatic heterocycles. The highest BCUT2D eigenvalue weighted by Crippen LogP contribution is 2.68. The third-order valence-corrected chi connectivity index (χ3v) is 12.7. The van der Waals surface area contributed by atoms with Gasteiger partial charge in [-0.25, -0.2) is 0 Å². The van der Waals surface area contributed by atoms with Crippen LogP contribution in [0.1, 0.15) is 99.3 Å². The van der Waals surface area contributed by atoms with Crippen molar-refractivity contribution in [3.8, 4) is 0 Å². The van der Waals surface area contributed by atoms with Crippen molar-refractivity contribution < 1.29 is 29.1 Å². The summed E-state index contributed by atoms with van der Waals surface area (Å²) >= 11 is 1.60. The van der Waals surface area contributed by atoms with Crippen LogP contribution in [0.5, 0.6) is 0 Å². The van der Waals surface area contributed by atoms with E-state index in [9.17, 15) is 19.5 Å². The Bertz CT molecular complexity index is 986. The molecule has 10 atom stereocenters. The molecule has 0 aromatic rings. The number of aliphatic hydroxyl groups excluding tert-OH is 1. The van der Waals surface area contributed by atoms with Gasteiger partial charge in [0.05, 0.1) is 17.8 Å². The molecule has 4 rings (SSSR count). The maximum absolute atomic E-state index is 13.6. The molecular formula is C32H51NO6S. The van der Waals surface area contributed by atoms with Crippen LogP contribution in [-0.2, 0) is 24.0 Å². The van der Waals surface area contributed by atoms with E-state index in [1.54, 1.807) is 25.6 Å². The molecule has 7 nitrogen and oxygen atoms in total. The van der Waals surface area contributed by atoms with E-state index < -0.39 is 23.0 Å². The zero-order valence-electron chi connectivity index (χ0n) is 25.4. The van der Waals surface area contributed by atoms with Crippen molar-refractivity contribution in [2.24, 2.45) is 39.9 Å². The monoisotopic (exact) mass is 577 g/mol. The van der Waals surface area contributed by atoms with Crippen LogP contribution in [-0.4, -0.2) is 52.1 Å². The fourth-order valence-corrected chi connectivity index (χ4v) is 9.68. The fourth-order valence-electron chi connectivity index (χ4n) is 8.54. The lowest BCUT2D eigenvalue weighted by molar-refractivity contribution is -0.205. The highest BCUT2D eigenvalue weighted by atomic mass is 32.2. The van der Waals surface area contributed by atoms with E-state index in [2.05, 4.69) is 32.8 Å². The van der Waals surface area contributed by atoms with Crippen molar-refractivity contribution in [2.75, 3.05) is 5.75 Å². The van der Waals surface area contributed by atoms with Crippen LogP contribution in [0.2, 0.25) is 0 Å². The first-order valence-corrected chi connectivity index (χ1v) is 16.4. The van der Waals surface area contributed by atoms with Gasteiger partial charge in [0.25, 0.3) is 0 Å². The molecule has 0 amide bonds. The zero-order chi connectivity index (χ0) is 29.5. The summed E-state index contributed by atoms with van der Waals surface area (Å²) in [4.78, 5) is 44.1. The normalized spacial score (nSPS) is 43.4. The van der Waals surface area contributed by atoms with Crippen molar-refractivity contribution in [2.45, 2.75) is 123 Å². The molecule has 0 saturated heterocycles. The molecule has 0 radical (unpaired) electrons. The highest BCUT2D eigenvalue weighted by Gasteiger charge is 2.68. The SMILES string of the molecule is C=C[C@]1(C)C[C@@H](OC(=O)CSC2CCCC(NOC(=O)C(C)C)C2)[C@]2(C)[C@@H]3C(=O)CCC3(CC[C@@H]2C)[C@@H](C)C1O. The number of Topliss-reactive ketones (excluding diaryl/α,β-unsaturated/α-hetero) is 1. The maximum atomic E-state index is 13.6. The van der Waals surface area contributed by atoms with E-state index in [0.29, 0.717) is 12.8 Å². The summed E-state index contributed by atoms with van der Waals surface area (Å²) in [6, 6.07) is 0.0795. The van der Waals surface area contributed by atoms with Gasteiger partial charge in [-0.05, 0) is 62.2 Å². The Morgan fingerprint density at radius 2 is 1.93 bits per heavy atom. The number of hydrogen-bond donors (Lipinski definition) is 2. The van der Waals surface area contributed by atoms with Crippen LogP contribution in [0, 0.1) is 39.9 Å². The minimum absolute atomic E-state index is 0.0429. The van der Waals surface area contributed by atoms with Gasteiger partial charge in [0.2, 0.25) is 0 Å². The molecule has 0 heterocycles. The van der Waals surface area contributed by atoms with Gasteiger partial charge in [-0.2, -0.15) is 0 Å². The van der Waals surface area contributed by atoms with Crippen LogP contribution >= 0.6 is 11.8 Å². The Morgan fingerprint density at radius 1 is 1.20 bits per heavy atom. The van der Waals surface area contributed by atoms with E-state index in [1.807, 2.05) is 13.0 Å². The second-order valence-corrected chi connectivity index (χ2v) is 15.3. The Balaban J connectivity index is 1.48. The number of carbonyl (C=O) groups is 3. The quantitative estimate of drug-likeness (QED) is 0.217. The van der Waals surface area contributed by atoms with Crippen LogP contribution in [0.3, 0.4) is 0 Å². The molecule has 4 saturated carbocycles. The Kier molecular flexibility index (Phi) is 9.53. The summed E-state index contributed by atoms with van der Waals surface area (Å²) in [5.41, 5.74) is 1.54. The molecule has 0 aliphatic heterocycles. The van der Waals surface area contributed by atoms with Gasteiger partial charge < -0.3 is 14.7 Å². The molecule has 4 unspecified atom stereocenters. The van der Waals surface area contributed by atoms with E-state index in [1.165, 1.54) is 0 Å². The van der Waals surface area contributed by atoms with E-state index in [-0.39, 0.29) is 63.9 Å². The fraction of sp³-hybridized carbons (Fsp3) is 0.844. The topological polar surface area (TPSA) is 102 Å². The number of esters is 1. The molecule has 8 heteroatoms. The largest absolute Gasteiger partial charge is 0.461 e. The van der Waals surface area contributed by atoms with Gasteiger partial charge >= 0.3 is 11.9 Å². The molecule has 2 bridgehead atoms. The van der Waals surface area contributed by atoms with Crippen molar-refractivity contribution in [3.63, 3.8) is 0 Å². The Morgan fingerprint density at radius 3 is 2.60 bits per heavy atom. The number of nitrogens with one attached hydrogen (secondary N) is 1. The van der Waals surface area contributed by atoms with Gasteiger partial charge in [0.15, 0.2) is 0 Å². The number of aliphatic hydroxyl groups is 1. The lowest BCUT2D eigenvalue weighted by Crippen LogP contribution is -2.63. The summed E-state index contributed by atoms with van der Waals surface area (Å²) in [5, 5.41) is 12.0. The lowest BCUT2D eigenvalue weighted by atomic mass is 9.44. The standard InChI is InChI=1S/C32H51NO6S/c1-8-30(6)17-25(31(7)20(4)12-14-32(21(5)28(30)36)15-13-24(34)27(31)32)38-26(35)18-40-23-11-9-10-22(16-23)33-39-29(37)19(2)3/h8,19-23,25,27-28,33,36H,1,9-18H2,2-7H3/t20-,21-,22?,23?,25+,27-,28?,30+,31+,32?/m0/s1. The van der Waals surface area contributed by atoms with Crippen LogP contribution in [0.4, 0.5) is 0 Å². The van der Waals surface area contributed by atoms with E-state index >= 15 is 0 Å². The summed E-state index contributed by atoms with van der Waals surface area (Å²) in [6.45, 7) is 16.2.